The van der Waals surface area contributed by atoms with Gasteiger partial charge in [-0.2, -0.15) is 0 Å². The molecule has 0 aromatic heterocycles. The van der Waals surface area contributed by atoms with Crippen LogP contribution < -0.4 is 0 Å². The quantitative estimate of drug-likeness (QED) is 0.409. The molecule has 0 rings (SSSR count). The van der Waals surface area contributed by atoms with E-state index in [2.05, 4.69) is 13.8 Å². The van der Waals surface area contributed by atoms with Crippen molar-refractivity contribution in [1.82, 2.24) is 0 Å². The van der Waals surface area contributed by atoms with Crippen LogP contribution in [0.5, 0.6) is 0 Å². The number of unbranched alkanes of at least 4 members (excludes halogenated alkanes) is 8. The maximum atomic E-state index is 5.39. The molecule has 0 saturated heterocycles. The highest BCUT2D eigenvalue weighted by Gasteiger charge is 1.92. The normalized spacial score (nSPS) is 10.8. The number of ether oxygens (including phenoxy) is 1. The van der Waals surface area contributed by atoms with Crippen molar-refractivity contribution >= 4 is 0 Å². The third-order valence-corrected chi connectivity index (χ3v) is 2.64. The molecule has 0 unspecified atom stereocenters. The van der Waals surface area contributed by atoms with Gasteiger partial charge in [0, 0.05) is 6.61 Å². The largest absolute Gasteiger partial charge is 0.376 e. The third kappa shape index (κ3) is 14.0. The van der Waals surface area contributed by atoms with Gasteiger partial charge in [0.25, 0.3) is 0 Å². The zero-order chi connectivity index (χ0) is 11.2. The number of hydrogen-bond donors (Lipinski definition) is 0. The van der Waals surface area contributed by atoms with Crippen LogP contribution >= 0.6 is 0 Å². The fourth-order valence-corrected chi connectivity index (χ4v) is 1.60. The lowest BCUT2D eigenvalue weighted by atomic mass is 10.1. The summed E-state index contributed by atoms with van der Waals surface area (Å²) in [6.45, 7) is 7.33. The summed E-state index contributed by atoms with van der Waals surface area (Å²) >= 11 is 0. The molecule has 1 heteroatoms. The Morgan fingerprint density at radius 3 is 1.93 bits per heavy atom. The number of hydrogen-bond acceptors (Lipinski definition) is 1. The minimum Gasteiger partial charge on any atom is -0.376 e. The minimum absolute atomic E-state index is 0.926. The molecule has 0 amide bonds. The Bertz CT molecular complexity index is 89.5. The van der Waals surface area contributed by atoms with Gasteiger partial charge in [0.2, 0.25) is 0 Å². The first kappa shape index (κ1) is 15.0. The van der Waals surface area contributed by atoms with Crippen LogP contribution in [-0.2, 0) is 4.74 Å². The van der Waals surface area contributed by atoms with E-state index < -0.39 is 0 Å². The maximum Gasteiger partial charge on any atom is 0.0836 e. The summed E-state index contributed by atoms with van der Waals surface area (Å²) in [5.41, 5.74) is 0. The van der Waals surface area contributed by atoms with Crippen molar-refractivity contribution in [3.63, 3.8) is 0 Å². The van der Waals surface area contributed by atoms with E-state index in [1.807, 2.05) is 6.61 Å². The standard InChI is InChI=1S/C14H29O/c1-3-5-7-8-9-10-11-12-14-15-13-6-4-2/h13H,3-12,14H2,1-2H3. The highest BCUT2D eigenvalue weighted by molar-refractivity contribution is 4.49. The van der Waals surface area contributed by atoms with Gasteiger partial charge in [-0.1, -0.05) is 65.2 Å². The monoisotopic (exact) mass is 213 g/mol. The molecule has 0 fully saturated rings. The van der Waals surface area contributed by atoms with Crippen molar-refractivity contribution < 1.29 is 4.74 Å². The van der Waals surface area contributed by atoms with E-state index >= 15 is 0 Å². The highest BCUT2D eigenvalue weighted by Crippen LogP contribution is 2.08. The average molecular weight is 213 g/mol. The van der Waals surface area contributed by atoms with Crippen LogP contribution in [0.1, 0.15) is 78.1 Å². The van der Waals surface area contributed by atoms with Crippen molar-refractivity contribution in [3.05, 3.63) is 6.61 Å². The lowest BCUT2D eigenvalue weighted by Crippen LogP contribution is -1.91. The molecule has 0 heterocycles. The minimum atomic E-state index is 0.926. The molecule has 0 aliphatic carbocycles. The van der Waals surface area contributed by atoms with Gasteiger partial charge in [0.15, 0.2) is 0 Å². The zero-order valence-corrected chi connectivity index (χ0v) is 10.8. The van der Waals surface area contributed by atoms with E-state index in [9.17, 15) is 0 Å². The van der Waals surface area contributed by atoms with Crippen molar-refractivity contribution in [2.24, 2.45) is 0 Å². The number of rotatable bonds is 12. The Kier molecular flexibility index (Phi) is 13.9. The predicted octanol–water partition coefficient (Wildman–Crippen LogP) is 5.11. The molecule has 0 spiro atoms. The summed E-state index contributed by atoms with van der Waals surface area (Å²) < 4.78 is 5.39. The van der Waals surface area contributed by atoms with Crippen molar-refractivity contribution in [3.8, 4) is 0 Å². The van der Waals surface area contributed by atoms with E-state index in [0.717, 1.165) is 13.0 Å². The first-order valence-corrected chi connectivity index (χ1v) is 6.85. The Labute approximate surface area is 96.6 Å². The van der Waals surface area contributed by atoms with Gasteiger partial charge >= 0.3 is 0 Å². The van der Waals surface area contributed by atoms with Gasteiger partial charge in [-0.3, -0.25) is 0 Å². The lowest BCUT2D eigenvalue weighted by Gasteiger charge is -2.03. The summed E-state index contributed by atoms with van der Waals surface area (Å²) in [4.78, 5) is 0. The fourth-order valence-electron chi connectivity index (χ4n) is 1.60. The Morgan fingerprint density at radius 1 is 0.733 bits per heavy atom. The molecule has 0 aliphatic rings. The van der Waals surface area contributed by atoms with Gasteiger partial charge in [0.05, 0.1) is 6.61 Å². The topological polar surface area (TPSA) is 9.23 Å². The van der Waals surface area contributed by atoms with Gasteiger partial charge in [-0.25, -0.2) is 0 Å². The van der Waals surface area contributed by atoms with E-state index in [0.29, 0.717) is 0 Å². The molecule has 0 atom stereocenters. The second kappa shape index (κ2) is 14.0. The van der Waals surface area contributed by atoms with Gasteiger partial charge in [-0.05, 0) is 12.8 Å². The molecule has 1 radical (unpaired) electrons. The molecular formula is C14H29O. The van der Waals surface area contributed by atoms with E-state index in [1.165, 1.54) is 57.8 Å². The van der Waals surface area contributed by atoms with E-state index in [4.69, 9.17) is 4.74 Å². The maximum absolute atomic E-state index is 5.39. The van der Waals surface area contributed by atoms with Gasteiger partial charge < -0.3 is 4.74 Å². The fraction of sp³-hybridized carbons (Fsp3) is 0.929. The molecule has 91 valence electrons. The molecule has 0 aromatic rings. The summed E-state index contributed by atoms with van der Waals surface area (Å²) in [5.74, 6) is 0. The molecule has 0 aliphatic heterocycles. The second-order valence-electron chi connectivity index (χ2n) is 4.30. The van der Waals surface area contributed by atoms with Crippen molar-refractivity contribution in [1.29, 1.82) is 0 Å². The summed E-state index contributed by atoms with van der Waals surface area (Å²) in [6, 6.07) is 0. The molecule has 0 bridgehead atoms. The van der Waals surface area contributed by atoms with Gasteiger partial charge in [0.1, 0.15) is 0 Å². The van der Waals surface area contributed by atoms with Crippen LogP contribution in [0.25, 0.3) is 0 Å². The second-order valence-corrected chi connectivity index (χ2v) is 4.30. The van der Waals surface area contributed by atoms with E-state index in [-0.39, 0.29) is 0 Å². The predicted molar refractivity (Wildman–Crippen MR) is 67.8 cm³/mol. The first-order valence-electron chi connectivity index (χ1n) is 6.85. The molecule has 0 aromatic carbocycles. The summed E-state index contributed by atoms with van der Waals surface area (Å²) in [5, 5.41) is 0. The Morgan fingerprint density at radius 2 is 1.33 bits per heavy atom. The van der Waals surface area contributed by atoms with Crippen LogP contribution in [0.15, 0.2) is 0 Å². The van der Waals surface area contributed by atoms with Gasteiger partial charge in [-0.15, -0.1) is 0 Å². The highest BCUT2D eigenvalue weighted by atomic mass is 16.5. The molecule has 0 N–H and O–H groups in total. The first-order chi connectivity index (χ1) is 7.41. The molecule has 0 saturated carbocycles. The lowest BCUT2D eigenvalue weighted by molar-refractivity contribution is 0.185. The molecular weight excluding hydrogens is 184 g/mol. The molecule has 15 heavy (non-hydrogen) atoms. The average Bonchev–Trinajstić information content (AvgIpc) is 2.26. The molecule has 1 nitrogen and oxygen atoms in total. The van der Waals surface area contributed by atoms with Crippen molar-refractivity contribution in [2.45, 2.75) is 78.1 Å². The van der Waals surface area contributed by atoms with Crippen LogP contribution in [0, 0.1) is 6.61 Å². The van der Waals surface area contributed by atoms with Crippen molar-refractivity contribution in [2.75, 3.05) is 6.61 Å². The van der Waals surface area contributed by atoms with E-state index in [1.54, 1.807) is 0 Å². The smallest absolute Gasteiger partial charge is 0.0836 e. The van der Waals surface area contributed by atoms with Crippen LogP contribution in [0.3, 0.4) is 0 Å². The van der Waals surface area contributed by atoms with Crippen LogP contribution in [0.2, 0.25) is 0 Å². The van der Waals surface area contributed by atoms with Crippen LogP contribution in [0.4, 0.5) is 0 Å². The zero-order valence-electron chi connectivity index (χ0n) is 10.8. The van der Waals surface area contributed by atoms with Crippen LogP contribution in [-0.4, -0.2) is 6.61 Å². The third-order valence-electron chi connectivity index (χ3n) is 2.64. The summed E-state index contributed by atoms with van der Waals surface area (Å²) in [6.07, 6.45) is 13.3. The Balaban J connectivity index is 2.81. The Hall–Kier alpha value is -0.0400. The SMILES string of the molecule is CCC[CH]OCCCCCCCCCC. The summed E-state index contributed by atoms with van der Waals surface area (Å²) in [7, 11) is 0.